The molecule has 1 saturated heterocycles. The molecule has 0 aromatic heterocycles. The number of fused-ring (bicyclic) bond motifs is 1. The Morgan fingerprint density at radius 3 is 2.81 bits per heavy atom. The highest BCUT2D eigenvalue weighted by Crippen LogP contribution is 2.48. The number of carbonyl (C=O) groups is 1. The number of aliphatic hydroxyl groups excluding tert-OH is 2. The van der Waals surface area contributed by atoms with Crippen LogP contribution >= 0.6 is 0 Å². The molecule has 2 N–H and O–H groups in total. The molecule has 4 heteroatoms. The van der Waals surface area contributed by atoms with Crippen LogP contribution in [0.5, 0.6) is 0 Å². The Morgan fingerprint density at radius 2 is 2.06 bits per heavy atom. The van der Waals surface area contributed by atoms with Crippen molar-refractivity contribution in [3.8, 4) is 11.8 Å². The van der Waals surface area contributed by atoms with Gasteiger partial charge in [0.1, 0.15) is 0 Å². The summed E-state index contributed by atoms with van der Waals surface area (Å²) in [5, 5.41) is 20.9. The minimum absolute atomic E-state index is 0.1000. The van der Waals surface area contributed by atoms with E-state index < -0.39 is 6.10 Å². The second kappa shape index (κ2) is 11.9. The maximum atomic E-state index is 12.3. The molecular weight excluding hydrogens is 386 g/mol. The first-order chi connectivity index (χ1) is 15.0. The predicted octanol–water partition coefficient (Wildman–Crippen LogP) is 4.47. The summed E-state index contributed by atoms with van der Waals surface area (Å²) in [5.41, 5.74) is 1.50. The standard InChI is InChI=1S/C27H41NO3/c1-3-4-10-20(2)25(29)14-13-23-24-18-21(17-22(24)19-26(23)30)11-6-7-12-27(31)28-15-8-5-9-16-28/h13-14,17,20,22-26,29-30H,5-12,15-16,18-19H2,1-2H3/t20-,22-,23+,24-,25+,26+/m0/s1. The van der Waals surface area contributed by atoms with Crippen LogP contribution in [0.1, 0.15) is 78.1 Å². The predicted molar refractivity (Wildman–Crippen MR) is 125 cm³/mol. The molecule has 0 aromatic rings. The van der Waals surface area contributed by atoms with Gasteiger partial charge >= 0.3 is 0 Å². The minimum Gasteiger partial charge on any atom is -0.392 e. The topological polar surface area (TPSA) is 60.8 Å². The van der Waals surface area contributed by atoms with Gasteiger partial charge in [-0.15, -0.1) is 11.8 Å². The summed E-state index contributed by atoms with van der Waals surface area (Å²) < 4.78 is 0. The maximum absolute atomic E-state index is 12.3. The van der Waals surface area contributed by atoms with Gasteiger partial charge < -0.3 is 15.1 Å². The molecule has 0 unspecified atom stereocenters. The lowest BCUT2D eigenvalue weighted by atomic mass is 9.88. The Labute approximate surface area is 188 Å². The molecule has 3 rings (SSSR count). The third-order valence-corrected chi connectivity index (χ3v) is 7.51. The van der Waals surface area contributed by atoms with Crippen molar-refractivity contribution in [1.29, 1.82) is 0 Å². The lowest BCUT2D eigenvalue weighted by Crippen LogP contribution is -2.35. The third kappa shape index (κ3) is 6.70. The summed E-state index contributed by atoms with van der Waals surface area (Å²) in [6, 6.07) is 0. The first kappa shape index (κ1) is 24.1. The van der Waals surface area contributed by atoms with Crippen molar-refractivity contribution in [1.82, 2.24) is 4.90 Å². The monoisotopic (exact) mass is 427 g/mol. The molecule has 0 bridgehead atoms. The summed E-state index contributed by atoms with van der Waals surface area (Å²) in [7, 11) is 0. The molecule has 6 atom stereocenters. The molecular formula is C27H41NO3. The molecule has 3 aliphatic rings. The van der Waals surface area contributed by atoms with Gasteiger partial charge in [0.05, 0.1) is 12.2 Å². The SMILES string of the molecule is CC#CC[C@H](C)[C@H](O)C=C[C@@H]1[C@H]2CC(CCCCC(=O)N3CCCCC3)=C[C@H]2C[C@H]1O. The van der Waals surface area contributed by atoms with Crippen molar-refractivity contribution in [3.05, 3.63) is 23.8 Å². The Bertz CT molecular complexity index is 710. The Kier molecular flexibility index (Phi) is 9.23. The van der Waals surface area contributed by atoms with Crippen LogP contribution in [-0.2, 0) is 4.79 Å². The molecule has 1 amide bonds. The molecule has 2 fully saturated rings. The number of unbranched alkanes of at least 4 members (excludes halogenated alkanes) is 1. The van der Waals surface area contributed by atoms with Gasteiger partial charge in [0.25, 0.3) is 0 Å². The first-order valence-electron chi connectivity index (χ1n) is 12.4. The zero-order valence-electron chi connectivity index (χ0n) is 19.4. The fraction of sp³-hybridized carbons (Fsp3) is 0.741. The highest BCUT2D eigenvalue weighted by Gasteiger charge is 2.43. The smallest absolute Gasteiger partial charge is 0.222 e. The van der Waals surface area contributed by atoms with E-state index in [2.05, 4.69) is 24.0 Å². The van der Waals surface area contributed by atoms with E-state index in [0.29, 0.717) is 30.6 Å². The zero-order valence-corrected chi connectivity index (χ0v) is 19.4. The quantitative estimate of drug-likeness (QED) is 0.324. The molecule has 172 valence electrons. The van der Waals surface area contributed by atoms with Crippen LogP contribution in [0.3, 0.4) is 0 Å². The van der Waals surface area contributed by atoms with Gasteiger partial charge in [-0.3, -0.25) is 4.79 Å². The van der Waals surface area contributed by atoms with E-state index >= 15 is 0 Å². The number of rotatable bonds is 9. The van der Waals surface area contributed by atoms with Crippen molar-refractivity contribution in [2.24, 2.45) is 23.7 Å². The van der Waals surface area contributed by atoms with Gasteiger partial charge in [0.15, 0.2) is 0 Å². The summed E-state index contributed by atoms with van der Waals surface area (Å²) in [6.45, 7) is 5.73. The zero-order chi connectivity index (χ0) is 22.2. The number of aliphatic hydroxyl groups is 2. The van der Waals surface area contributed by atoms with Crippen molar-refractivity contribution in [3.63, 3.8) is 0 Å². The summed E-state index contributed by atoms with van der Waals surface area (Å²) >= 11 is 0. The Hall–Kier alpha value is -1.57. The number of piperidine rings is 1. The number of likely N-dealkylation sites (tertiary alicyclic amines) is 1. The van der Waals surface area contributed by atoms with Gasteiger partial charge in [-0.1, -0.05) is 30.7 Å². The van der Waals surface area contributed by atoms with E-state index in [1.165, 1.54) is 12.0 Å². The third-order valence-electron chi connectivity index (χ3n) is 7.51. The van der Waals surface area contributed by atoms with E-state index in [-0.39, 0.29) is 17.9 Å². The van der Waals surface area contributed by atoms with Crippen molar-refractivity contribution in [2.75, 3.05) is 13.1 Å². The van der Waals surface area contributed by atoms with Crippen molar-refractivity contribution in [2.45, 2.75) is 90.3 Å². The van der Waals surface area contributed by atoms with E-state index in [9.17, 15) is 15.0 Å². The molecule has 1 aliphatic heterocycles. The fourth-order valence-electron chi connectivity index (χ4n) is 5.54. The molecule has 0 radical (unpaired) electrons. The van der Waals surface area contributed by atoms with Crippen LogP contribution in [-0.4, -0.2) is 46.3 Å². The molecule has 2 aliphatic carbocycles. The van der Waals surface area contributed by atoms with Crippen LogP contribution in [0.25, 0.3) is 0 Å². The van der Waals surface area contributed by atoms with Crippen LogP contribution < -0.4 is 0 Å². The van der Waals surface area contributed by atoms with Crippen LogP contribution in [0, 0.1) is 35.5 Å². The van der Waals surface area contributed by atoms with E-state index in [4.69, 9.17) is 0 Å². The van der Waals surface area contributed by atoms with Gasteiger partial charge in [0, 0.05) is 31.8 Å². The van der Waals surface area contributed by atoms with Crippen molar-refractivity contribution < 1.29 is 15.0 Å². The molecule has 1 saturated carbocycles. The van der Waals surface area contributed by atoms with Gasteiger partial charge in [0.2, 0.25) is 5.91 Å². The van der Waals surface area contributed by atoms with E-state index in [0.717, 1.165) is 58.0 Å². The summed E-state index contributed by atoms with van der Waals surface area (Å²) in [4.78, 5) is 14.4. The fourth-order valence-corrected chi connectivity index (χ4v) is 5.54. The van der Waals surface area contributed by atoms with Gasteiger partial charge in [-0.25, -0.2) is 0 Å². The molecule has 0 spiro atoms. The summed E-state index contributed by atoms with van der Waals surface area (Å²) in [5.74, 6) is 7.38. The number of hydrogen-bond acceptors (Lipinski definition) is 3. The average molecular weight is 428 g/mol. The van der Waals surface area contributed by atoms with Crippen LogP contribution in [0.4, 0.5) is 0 Å². The van der Waals surface area contributed by atoms with Crippen LogP contribution in [0.15, 0.2) is 23.8 Å². The highest BCUT2D eigenvalue weighted by molar-refractivity contribution is 5.76. The number of amides is 1. The normalized spacial score (nSPS) is 29.9. The number of allylic oxidation sites excluding steroid dienone is 2. The van der Waals surface area contributed by atoms with Gasteiger partial charge in [-0.05, 0) is 76.0 Å². The summed E-state index contributed by atoms with van der Waals surface area (Å²) in [6.07, 6.45) is 15.4. The second-order valence-electron chi connectivity index (χ2n) is 9.87. The minimum atomic E-state index is -0.515. The van der Waals surface area contributed by atoms with Crippen molar-refractivity contribution >= 4 is 5.91 Å². The van der Waals surface area contributed by atoms with E-state index in [1.807, 2.05) is 24.8 Å². The lowest BCUT2D eigenvalue weighted by Gasteiger charge is -2.26. The Morgan fingerprint density at radius 1 is 1.29 bits per heavy atom. The largest absolute Gasteiger partial charge is 0.392 e. The molecule has 31 heavy (non-hydrogen) atoms. The number of carbonyl (C=O) groups excluding carboxylic acids is 1. The number of nitrogens with zero attached hydrogens (tertiary/aromatic N) is 1. The lowest BCUT2D eigenvalue weighted by molar-refractivity contribution is -0.132. The maximum Gasteiger partial charge on any atom is 0.222 e. The van der Waals surface area contributed by atoms with Crippen LogP contribution in [0.2, 0.25) is 0 Å². The van der Waals surface area contributed by atoms with Gasteiger partial charge in [-0.2, -0.15) is 0 Å². The molecule has 1 heterocycles. The Balaban J connectivity index is 1.41. The average Bonchev–Trinajstić information content (AvgIpc) is 3.30. The van der Waals surface area contributed by atoms with E-state index in [1.54, 1.807) is 0 Å². The number of hydrogen-bond donors (Lipinski definition) is 2. The molecule has 4 nitrogen and oxygen atoms in total. The second-order valence-corrected chi connectivity index (χ2v) is 9.87. The highest BCUT2D eigenvalue weighted by atomic mass is 16.3. The first-order valence-corrected chi connectivity index (χ1v) is 12.4. The molecule has 0 aromatic carbocycles.